The Kier molecular flexibility index (Phi) is 7.60. The summed E-state index contributed by atoms with van der Waals surface area (Å²) < 4.78 is 17.2. The Hall–Kier alpha value is -0.810. The third-order valence-corrected chi connectivity index (χ3v) is 5.61. The molecule has 2 saturated heterocycles. The molecule has 0 aliphatic carbocycles. The van der Waals surface area contributed by atoms with Gasteiger partial charge in [0.1, 0.15) is 18.3 Å². The molecule has 0 spiro atoms. The first-order valence-corrected chi connectivity index (χ1v) is 9.42. The molecule has 9 nitrogen and oxygen atoms in total. The number of aliphatic hydroxyl groups is 4. The summed E-state index contributed by atoms with van der Waals surface area (Å²) in [6.07, 6.45) is -6.27. The molecule has 0 amide bonds. The largest absolute Gasteiger partial charge is 0.481 e. The Morgan fingerprint density at radius 2 is 1.93 bits per heavy atom. The molecule has 27 heavy (non-hydrogen) atoms. The number of hydrogen-bond acceptors (Lipinski definition) is 8. The molecule has 2 heterocycles. The van der Waals surface area contributed by atoms with Crippen LogP contribution in [0.5, 0.6) is 0 Å². The van der Waals surface area contributed by atoms with Crippen molar-refractivity contribution in [2.24, 2.45) is 5.41 Å². The van der Waals surface area contributed by atoms with Gasteiger partial charge in [0.2, 0.25) is 0 Å². The average Bonchev–Trinajstić information content (AvgIpc) is 2.59. The van der Waals surface area contributed by atoms with Gasteiger partial charge < -0.3 is 39.7 Å². The third-order valence-electron chi connectivity index (χ3n) is 5.61. The van der Waals surface area contributed by atoms with Crippen molar-refractivity contribution in [2.45, 2.75) is 95.5 Å². The summed E-state index contributed by atoms with van der Waals surface area (Å²) in [5.74, 6) is -1.00. The molecule has 0 radical (unpaired) electrons. The molecule has 8 atom stereocenters. The fourth-order valence-electron chi connectivity index (χ4n) is 3.60. The Morgan fingerprint density at radius 1 is 1.26 bits per heavy atom. The molecule has 0 aromatic rings. The molecule has 0 aromatic carbocycles. The Bertz CT molecular complexity index is 497. The zero-order valence-electron chi connectivity index (χ0n) is 16.0. The van der Waals surface area contributed by atoms with E-state index in [0.717, 1.165) is 0 Å². The van der Waals surface area contributed by atoms with Gasteiger partial charge in [-0.2, -0.15) is 0 Å². The number of aliphatic carboxylic acids is 1. The van der Waals surface area contributed by atoms with E-state index in [-0.39, 0.29) is 13.0 Å². The standard InChI is InChI=1S/C18H32O9/c1-4-9(19)5-10-6-12(18(2,3)13(26-10)7-14(21)22)27-17-16(24)15(23)11(20)8-25-17/h9-13,15-17,19-20,23-24H,4-8H2,1-3H3,(H,21,22)/t9-,10-,11-,12+,13+,15+,16-,17+/m1/s1. The molecule has 2 fully saturated rings. The summed E-state index contributed by atoms with van der Waals surface area (Å²) in [6, 6.07) is 0. The van der Waals surface area contributed by atoms with E-state index in [9.17, 15) is 30.3 Å². The lowest BCUT2D eigenvalue weighted by Crippen LogP contribution is -2.58. The molecule has 2 rings (SSSR count). The number of aliphatic hydroxyl groups excluding tert-OH is 4. The number of carboxylic acids is 1. The van der Waals surface area contributed by atoms with Crippen LogP contribution in [-0.4, -0.2) is 87.1 Å². The molecule has 158 valence electrons. The predicted molar refractivity (Wildman–Crippen MR) is 92.9 cm³/mol. The Morgan fingerprint density at radius 3 is 2.52 bits per heavy atom. The lowest BCUT2D eigenvalue weighted by Gasteiger charge is -2.49. The molecule has 2 aliphatic heterocycles. The maximum absolute atomic E-state index is 11.3. The van der Waals surface area contributed by atoms with Crippen molar-refractivity contribution in [1.82, 2.24) is 0 Å². The zero-order valence-corrected chi connectivity index (χ0v) is 16.0. The maximum Gasteiger partial charge on any atom is 0.306 e. The van der Waals surface area contributed by atoms with E-state index < -0.39 is 60.4 Å². The summed E-state index contributed by atoms with van der Waals surface area (Å²) in [4.78, 5) is 11.3. The lowest BCUT2D eigenvalue weighted by atomic mass is 9.74. The number of carboxylic acid groups (broad SMARTS) is 1. The van der Waals surface area contributed by atoms with Gasteiger partial charge >= 0.3 is 5.97 Å². The molecule has 0 saturated carbocycles. The van der Waals surface area contributed by atoms with Crippen LogP contribution < -0.4 is 0 Å². The van der Waals surface area contributed by atoms with Gasteiger partial charge in [0.25, 0.3) is 0 Å². The van der Waals surface area contributed by atoms with E-state index in [0.29, 0.717) is 19.3 Å². The SMILES string of the molecule is CC[C@@H](O)C[C@@H]1C[C@H](O[C@@H]2OC[C@@H](O)[C@H](O)[C@H]2O)C(C)(C)[C@H](CC(=O)O)O1. The van der Waals surface area contributed by atoms with Crippen LogP contribution >= 0.6 is 0 Å². The monoisotopic (exact) mass is 392 g/mol. The Balaban J connectivity index is 2.15. The van der Waals surface area contributed by atoms with Crippen LogP contribution in [0.3, 0.4) is 0 Å². The van der Waals surface area contributed by atoms with Gasteiger partial charge in [-0.25, -0.2) is 0 Å². The number of ether oxygens (including phenoxy) is 3. The van der Waals surface area contributed by atoms with Crippen LogP contribution in [0.1, 0.15) is 46.5 Å². The van der Waals surface area contributed by atoms with Gasteiger partial charge in [0.05, 0.1) is 37.4 Å². The number of rotatable bonds is 7. The highest BCUT2D eigenvalue weighted by molar-refractivity contribution is 5.67. The molecule has 0 aromatic heterocycles. The van der Waals surface area contributed by atoms with Crippen molar-refractivity contribution in [1.29, 1.82) is 0 Å². The summed E-state index contributed by atoms with van der Waals surface area (Å²) in [6.45, 7) is 5.30. The second-order valence-electron chi connectivity index (χ2n) is 8.07. The zero-order chi connectivity index (χ0) is 20.4. The van der Waals surface area contributed by atoms with Crippen molar-refractivity contribution >= 4 is 5.97 Å². The van der Waals surface area contributed by atoms with E-state index >= 15 is 0 Å². The van der Waals surface area contributed by atoms with Gasteiger partial charge in [-0.05, 0) is 12.8 Å². The Labute approximate surface area is 158 Å². The minimum absolute atomic E-state index is 0.178. The van der Waals surface area contributed by atoms with Crippen molar-refractivity contribution in [3.05, 3.63) is 0 Å². The fourth-order valence-corrected chi connectivity index (χ4v) is 3.60. The van der Waals surface area contributed by atoms with E-state index in [2.05, 4.69) is 0 Å². The van der Waals surface area contributed by atoms with Gasteiger partial charge in [-0.15, -0.1) is 0 Å². The van der Waals surface area contributed by atoms with Gasteiger partial charge in [0, 0.05) is 11.8 Å². The smallest absolute Gasteiger partial charge is 0.306 e. The molecule has 9 heteroatoms. The van der Waals surface area contributed by atoms with E-state index in [4.69, 9.17) is 14.2 Å². The molecular weight excluding hydrogens is 360 g/mol. The van der Waals surface area contributed by atoms with Crippen LogP contribution in [0.25, 0.3) is 0 Å². The molecule has 5 N–H and O–H groups in total. The average molecular weight is 392 g/mol. The third kappa shape index (κ3) is 5.38. The number of hydrogen-bond donors (Lipinski definition) is 5. The van der Waals surface area contributed by atoms with Crippen LogP contribution in [0.15, 0.2) is 0 Å². The first-order chi connectivity index (χ1) is 12.6. The summed E-state index contributed by atoms with van der Waals surface area (Å²) in [7, 11) is 0. The minimum Gasteiger partial charge on any atom is -0.481 e. The predicted octanol–water partition coefficient (Wildman–Crippen LogP) is -0.370. The normalized spacial score (nSPS) is 40.5. The van der Waals surface area contributed by atoms with Crippen LogP contribution in [0.4, 0.5) is 0 Å². The van der Waals surface area contributed by atoms with E-state index in [1.165, 1.54) is 0 Å². The minimum atomic E-state index is -1.43. The van der Waals surface area contributed by atoms with Crippen LogP contribution in [0.2, 0.25) is 0 Å². The first-order valence-electron chi connectivity index (χ1n) is 9.42. The highest BCUT2D eigenvalue weighted by Gasteiger charge is 2.49. The van der Waals surface area contributed by atoms with E-state index in [1.807, 2.05) is 20.8 Å². The van der Waals surface area contributed by atoms with Gasteiger partial charge in [0.15, 0.2) is 6.29 Å². The van der Waals surface area contributed by atoms with Gasteiger partial charge in [-0.1, -0.05) is 20.8 Å². The molecule has 0 bridgehead atoms. The van der Waals surface area contributed by atoms with Crippen LogP contribution in [-0.2, 0) is 19.0 Å². The van der Waals surface area contributed by atoms with Crippen molar-refractivity contribution in [3.63, 3.8) is 0 Å². The van der Waals surface area contributed by atoms with Crippen molar-refractivity contribution in [3.8, 4) is 0 Å². The molecule has 2 aliphatic rings. The second-order valence-corrected chi connectivity index (χ2v) is 8.07. The first kappa shape index (κ1) is 22.5. The summed E-state index contributed by atoms with van der Waals surface area (Å²) in [5.41, 5.74) is -0.712. The lowest BCUT2D eigenvalue weighted by molar-refractivity contribution is -0.310. The molecular formula is C18H32O9. The highest BCUT2D eigenvalue weighted by atomic mass is 16.7. The summed E-state index contributed by atoms with van der Waals surface area (Å²) >= 11 is 0. The topological polar surface area (TPSA) is 146 Å². The highest BCUT2D eigenvalue weighted by Crippen LogP contribution is 2.42. The van der Waals surface area contributed by atoms with Crippen molar-refractivity contribution in [2.75, 3.05) is 6.61 Å². The summed E-state index contributed by atoms with van der Waals surface area (Å²) in [5, 5.41) is 48.8. The van der Waals surface area contributed by atoms with E-state index in [1.54, 1.807) is 0 Å². The fraction of sp³-hybridized carbons (Fsp3) is 0.944. The van der Waals surface area contributed by atoms with Crippen molar-refractivity contribution < 1.29 is 44.5 Å². The molecule has 0 unspecified atom stereocenters. The quantitative estimate of drug-likeness (QED) is 0.392. The van der Waals surface area contributed by atoms with Gasteiger partial charge in [-0.3, -0.25) is 4.79 Å². The number of carbonyl (C=O) groups is 1. The van der Waals surface area contributed by atoms with Crippen LogP contribution in [0, 0.1) is 5.41 Å². The maximum atomic E-state index is 11.3. The second kappa shape index (κ2) is 9.13.